The Bertz CT molecular complexity index is 162. The molecule has 57 valence electrons. The van der Waals surface area contributed by atoms with Gasteiger partial charge < -0.3 is 15.1 Å². The van der Waals surface area contributed by atoms with Crippen LogP contribution in [0.25, 0.3) is 0 Å². The summed E-state index contributed by atoms with van der Waals surface area (Å²) < 4.78 is 12.4. The zero-order valence-electron chi connectivity index (χ0n) is 5.16. The zero-order valence-corrected chi connectivity index (χ0v) is 5.16. The van der Waals surface area contributed by atoms with Gasteiger partial charge in [-0.1, -0.05) is 0 Å². The molecule has 2 unspecified atom stereocenters. The van der Waals surface area contributed by atoms with E-state index in [4.69, 9.17) is 10.2 Å². The lowest BCUT2D eigenvalue weighted by atomic mass is 10.4. The second-order valence-corrected chi connectivity index (χ2v) is 1.97. The van der Waals surface area contributed by atoms with Crippen molar-refractivity contribution in [2.24, 2.45) is 0 Å². The van der Waals surface area contributed by atoms with Crippen LogP contribution in [0.15, 0.2) is 12.0 Å². The topological polar surface area (TPSA) is 55.7 Å². The molecule has 0 aromatic carbocycles. The van der Waals surface area contributed by atoms with Crippen molar-refractivity contribution in [1.29, 1.82) is 0 Å². The van der Waals surface area contributed by atoms with E-state index >= 15 is 0 Å². The normalized spacial score (nSPS) is 34.0. The van der Waals surface area contributed by atoms with Crippen molar-refractivity contribution in [2.75, 3.05) is 0 Å². The lowest BCUT2D eigenvalue weighted by molar-refractivity contribution is -0.0322. The molecule has 4 nitrogen and oxygen atoms in total. The fourth-order valence-electron chi connectivity index (χ4n) is 0.616. The van der Waals surface area contributed by atoms with Crippen LogP contribution in [0, 0.1) is 7.05 Å². The van der Waals surface area contributed by atoms with Gasteiger partial charge in [-0.3, -0.25) is 0 Å². The number of hydrogen-bond acceptors (Lipinski definition) is 4. The number of nitrogens with zero attached hydrogens (tertiary/aromatic N) is 1. The Balaban J connectivity index is 2.69. The third-order valence-electron chi connectivity index (χ3n) is 1.17. The molecule has 1 aliphatic rings. The number of aliphatic hydroxyl groups excluding tert-OH is 2. The molecule has 1 aliphatic heterocycles. The van der Waals surface area contributed by atoms with E-state index in [2.05, 4.69) is 12.4 Å². The average molecular weight is 147 g/mol. The molecule has 2 atom stereocenters. The third kappa shape index (κ3) is 1.26. The van der Waals surface area contributed by atoms with Crippen molar-refractivity contribution in [2.45, 2.75) is 12.6 Å². The summed E-state index contributed by atoms with van der Waals surface area (Å²) in [5.41, 5.74) is 0. The molecule has 0 bridgehead atoms. The maximum absolute atomic E-state index is 12.4. The Hall–Kier alpha value is -0.650. The van der Waals surface area contributed by atoms with Crippen molar-refractivity contribution in [3.05, 3.63) is 19.1 Å². The van der Waals surface area contributed by atoms with Gasteiger partial charge in [0.25, 0.3) is 0 Å². The van der Waals surface area contributed by atoms with Crippen molar-refractivity contribution in [1.82, 2.24) is 10.2 Å². The number of aliphatic hydroxyl groups is 2. The van der Waals surface area contributed by atoms with Gasteiger partial charge in [0.15, 0.2) is 18.4 Å². The number of halogens is 1. The molecule has 0 aromatic heterocycles. The molecule has 3 N–H and O–H groups in total. The van der Waals surface area contributed by atoms with E-state index < -0.39 is 18.4 Å². The van der Waals surface area contributed by atoms with Gasteiger partial charge in [-0.2, -0.15) is 0 Å². The van der Waals surface area contributed by atoms with Gasteiger partial charge in [0.2, 0.25) is 0 Å². The van der Waals surface area contributed by atoms with Crippen LogP contribution in [0.1, 0.15) is 0 Å². The van der Waals surface area contributed by atoms with Crippen LogP contribution in [0.5, 0.6) is 0 Å². The molecule has 10 heavy (non-hydrogen) atoms. The molecule has 0 saturated carbocycles. The molecule has 1 heterocycles. The fraction of sp³-hybridized carbons (Fsp3) is 0.400. The summed E-state index contributed by atoms with van der Waals surface area (Å²) in [6.07, 6.45) is -1.63. The minimum Gasteiger partial charge on any atom is -0.372 e. The van der Waals surface area contributed by atoms with Crippen LogP contribution in [-0.2, 0) is 0 Å². The van der Waals surface area contributed by atoms with Crippen LogP contribution in [-0.4, -0.2) is 27.7 Å². The lowest BCUT2D eigenvalue weighted by Gasteiger charge is -2.29. The van der Waals surface area contributed by atoms with E-state index in [1.165, 1.54) is 0 Å². The molecule has 0 aromatic rings. The van der Waals surface area contributed by atoms with Crippen LogP contribution < -0.4 is 5.32 Å². The SMILES string of the molecule is [CH2]N1C=C(F)C(O)NC1O. The first-order valence-electron chi connectivity index (χ1n) is 2.69. The third-order valence-corrected chi connectivity index (χ3v) is 1.17. The molecule has 5 heteroatoms. The summed E-state index contributed by atoms with van der Waals surface area (Å²) >= 11 is 0. The largest absolute Gasteiger partial charge is 0.372 e. The molecule has 0 aliphatic carbocycles. The van der Waals surface area contributed by atoms with Crippen molar-refractivity contribution in [3.63, 3.8) is 0 Å². The second kappa shape index (κ2) is 2.53. The highest BCUT2D eigenvalue weighted by molar-refractivity contribution is 5.01. The highest BCUT2D eigenvalue weighted by atomic mass is 19.1. The van der Waals surface area contributed by atoms with E-state index in [1.54, 1.807) is 0 Å². The molecule has 0 spiro atoms. The molecule has 1 rings (SSSR count). The van der Waals surface area contributed by atoms with Gasteiger partial charge in [-0.15, -0.1) is 0 Å². The highest BCUT2D eigenvalue weighted by Crippen LogP contribution is 2.10. The summed E-state index contributed by atoms with van der Waals surface area (Å²) in [4.78, 5) is 0.960. The average Bonchev–Trinajstić information content (AvgIpc) is 1.84. The van der Waals surface area contributed by atoms with Crippen molar-refractivity contribution in [3.8, 4) is 0 Å². The summed E-state index contributed by atoms with van der Waals surface area (Å²) in [6, 6.07) is 0. The minimum atomic E-state index is -1.42. The summed E-state index contributed by atoms with van der Waals surface area (Å²) in [7, 11) is 3.26. The van der Waals surface area contributed by atoms with Crippen LogP contribution in [0.4, 0.5) is 4.39 Å². The Morgan fingerprint density at radius 2 is 2.30 bits per heavy atom. The fourth-order valence-corrected chi connectivity index (χ4v) is 0.616. The molecule has 0 saturated heterocycles. The van der Waals surface area contributed by atoms with Gasteiger partial charge in [0.1, 0.15) is 0 Å². The summed E-state index contributed by atoms with van der Waals surface area (Å²) in [5.74, 6) is -0.764. The molecular formula is C5H8FN2O2. The minimum absolute atomic E-state index is 0.764. The number of nitrogens with one attached hydrogen (secondary N) is 1. The van der Waals surface area contributed by atoms with E-state index in [-0.39, 0.29) is 0 Å². The standard InChI is InChI=1S/C5H8FN2O2/c1-8-2-3(6)4(9)7-5(8)10/h2,4-5,7,9-10H,1H2. The van der Waals surface area contributed by atoms with Crippen molar-refractivity contribution >= 4 is 0 Å². The Labute approximate surface area is 57.6 Å². The van der Waals surface area contributed by atoms with Gasteiger partial charge in [-0.25, -0.2) is 9.71 Å². The van der Waals surface area contributed by atoms with Gasteiger partial charge in [-0.05, 0) is 0 Å². The molecular weight excluding hydrogens is 139 g/mol. The predicted molar refractivity (Wildman–Crippen MR) is 31.5 cm³/mol. The number of hydrogen-bond donors (Lipinski definition) is 3. The van der Waals surface area contributed by atoms with E-state index in [0.717, 1.165) is 11.1 Å². The summed E-state index contributed by atoms with van der Waals surface area (Å²) in [6.45, 7) is 0. The van der Waals surface area contributed by atoms with Crippen LogP contribution >= 0.6 is 0 Å². The van der Waals surface area contributed by atoms with E-state index in [9.17, 15) is 4.39 Å². The maximum atomic E-state index is 12.4. The molecule has 0 amide bonds. The van der Waals surface area contributed by atoms with Crippen LogP contribution in [0.2, 0.25) is 0 Å². The van der Waals surface area contributed by atoms with Crippen LogP contribution in [0.3, 0.4) is 0 Å². The van der Waals surface area contributed by atoms with Gasteiger partial charge in [0.05, 0.1) is 0 Å². The number of rotatable bonds is 0. The summed E-state index contributed by atoms with van der Waals surface area (Å²) in [5, 5.41) is 19.7. The van der Waals surface area contributed by atoms with Crippen molar-refractivity contribution < 1.29 is 14.6 Å². The first-order valence-corrected chi connectivity index (χ1v) is 2.69. The Morgan fingerprint density at radius 3 is 2.80 bits per heavy atom. The molecule has 0 fully saturated rings. The first kappa shape index (κ1) is 7.46. The highest BCUT2D eigenvalue weighted by Gasteiger charge is 2.22. The monoisotopic (exact) mass is 147 g/mol. The quantitative estimate of drug-likeness (QED) is 0.415. The predicted octanol–water partition coefficient (Wildman–Crippen LogP) is -0.912. The van der Waals surface area contributed by atoms with E-state index in [0.29, 0.717) is 0 Å². The lowest BCUT2D eigenvalue weighted by Crippen LogP contribution is -2.49. The Morgan fingerprint density at radius 1 is 1.70 bits per heavy atom. The van der Waals surface area contributed by atoms with E-state index in [1.807, 2.05) is 0 Å². The first-order chi connectivity index (χ1) is 4.61. The smallest absolute Gasteiger partial charge is 0.186 e. The Kier molecular flexibility index (Phi) is 1.89. The zero-order chi connectivity index (χ0) is 7.72. The second-order valence-electron chi connectivity index (χ2n) is 1.97. The molecule has 1 radical (unpaired) electrons. The maximum Gasteiger partial charge on any atom is 0.186 e. The van der Waals surface area contributed by atoms with Gasteiger partial charge in [0, 0.05) is 13.2 Å². The van der Waals surface area contributed by atoms with Gasteiger partial charge >= 0.3 is 0 Å².